The number of alkyl halides is 3. The smallest absolute Gasteiger partial charge is 0.427 e. The van der Waals surface area contributed by atoms with E-state index in [0.29, 0.717) is 24.2 Å². The third-order valence-electron chi connectivity index (χ3n) is 2.93. The average molecular weight is 294 g/mol. The Balaban J connectivity index is 2.06. The standard InChI is InChI=1S/C10H9F3N2O3S/c11-10(12,13)6-5(15-4-19-6)7(16)14-3-9(1-2-9)8(17)18/h4H,1-3H2,(H,14,16)(H,17,18). The van der Waals surface area contributed by atoms with Crippen molar-refractivity contribution in [3.63, 3.8) is 0 Å². The molecule has 2 N–H and O–H groups in total. The Morgan fingerprint density at radius 1 is 1.47 bits per heavy atom. The summed E-state index contributed by atoms with van der Waals surface area (Å²) in [5, 5.41) is 11.1. The van der Waals surface area contributed by atoms with Gasteiger partial charge in [-0.3, -0.25) is 9.59 Å². The van der Waals surface area contributed by atoms with Crippen LogP contribution in [0, 0.1) is 5.41 Å². The van der Waals surface area contributed by atoms with E-state index in [1.54, 1.807) is 0 Å². The van der Waals surface area contributed by atoms with E-state index in [2.05, 4.69) is 10.3 Å². The van der Waals surface area contributed by atoms with Crippen molar-refractivity contribution in [1.29, 1.82) is 0 Å². The lowest BCUT2D eigenvalue weighted by Gasteiger charge is -2.11. The summed E-state index contributed by atoms with van der Waals surface area (Å²) in [5.41, 5.74) is -0.801. The molecule has 0 bridgehead atoms. The fourth-order valence-electron chi connectivity index (χ4n) is 1.56. The van der Waals surface area contributed by atoms with Crippen molar-refractivity contribution < 1.29 is 27.9 Å². The number of carbonyl (C=O) groups is 2. The molecule has 0 spiro atoms. The van der Waals surface area contributed by atoms with Gasteiger partial charge in [-0.15, -0.1) is 11.3 Å². The van der Waals surface area contributed by atoms with Crippen molar-refractivity contribution in [3.05, 3.63) is 16.1 Å². The van der Waals surface area contributed by atoms with Gasteiger partial charge in [0, 0.05) is 6.54 Å². The number of nitrogens with one attached hydrogen (secondary N) is 1. The van der Waals surface area contributed by atoms with E-state index in [0.717, 1.165) is 5.51 Å². The summed E-state index contributed by atoms with van der Waals surface area (Å²) in [5.74, 6) is -2.05. The Morgan fingerprint density at radius 2 is 2.11 bits per heavy atom. The van der Waals surface area contributed by atoms with Gasteiger partial charge in [-0.1, -0.05) is 0 Å². The summed E-state index contributed by atoms with van der Waals surface area (Å²) in [6, 6.07) is 0. The lowest BCUT2D eigenvalue weighted by molar-refractivity contribution is -0.143. The van der Waals surface area contributed by atoms with Crippen LogP contribution < -0.4 is 5.32 Å². The summed E-state index contributed by atoms with van der Waals surface area (Å²) >= 11 is 0.327. The van der Waals surface area contributed by atoms with Gasteiger partial charge in [0.2, 0.25) is 0 Å². The van der Waals surface area contributed by atoms with Crippen LogP contribution in [-0.4, -0.2) is 28.5 Å². The molecule has 0 saturated heterocycles. The molecular formula is C10H9F3N2O3S. The molecule has 1 aromatic heterocycles. The molecule has 1 fully saturated rings. The highest BCUT2D eigenvalue weighted by atomic mass is 32.1. The Morgan fingerprint density at radius 3 is 2.58 bits per heavy atom. The molecule has 0 aliphatic heterocycles. The monoisotopic (exact) mass is 294 g/mol. The van der Waals surface area contributed by atoms with E-state index in [1.807, 2.05) is 0 Å². The Bertz CT molecular complexity index is 522. The van der Waals surface area contributed by atoms with Crippen molar-refractivity contribution in [2.45, 2.75) is 19.0 Å². The second-order valence-corrected chi connectivity index (χ2v) is 5.15. The second kappa shape index (κ2) is 4.48. The maximum atomic E-state index is 12.6. The van der Waals surface area contributed by atoms with Crippen LogP contribution in [0.15, 0.2) is 5.51 Å². The summed E-state index contributed by atoms with van der Waals surface area (Å²) in [6.07, 6.45) is -3.82. The Hall–Kier alpha value is -1.64. The molecule has 1 amide bonds. The summed E-state index contributed by atoms with van der Waals surface area (Å²) < 4.78 is 37.7. The predicted molar refractivity (Wildman–Crippen MR) is 58.8 cm³/mol. The lowest BCUT2D eigenvalue weighted by Crippen LogP contribution is -2.35. The van der Waals surface area contributed by atoms with Crippen LogP contribution in [0.5, 0.6) is 0 Å². The number of aliphatic carboxylic acids is 1. The number of rotatable bonds is 4. The van der Waals surface area contributed by atoms with E-state index in [9.17, 15) is 22.8 Å². The fourth-order valence-corrected chi connectivity index (χ4v) is 2.21. The topological polar surface area (TPSA) is 79.3 Å². The van der Waals surface area contributed by atoms with E-state index < -0.39 is 34.0 Å². The number of hydrogen-bond donors (Lipinski definition) is 2. The second-order valence-electron chi connectivity index (χ2n) is 4.30. The van der Waals surface area contributed by atoms with Crippen molar-refractivity contribution in [1.82, 2.24) is 10.3 Å². The van der Waals surface area contributed by atoms with Gasteiger partial charge >= 0.3 is 12.1 Å². The highest BCUT2D eigenvalue weighted by Gasteiger charge is 2.50. The largest absolute Gasteiger partial charge is 0.481 e. The van der Waals surface area contributed by atoms with Crippen LogP contribution in [0.3, 0.4) is 0 Å². The lowest BCUT2D eigenvalue weighted by atomic mass is 10.1. The summed E-state index contributed by atoms with van der Waals surface area (Å²) in [7, 11) is 0. The molecule has 1 aliphatic rings. The van der Waals surface area contributed by atoms with Crippen LogP contribution >= 0.6 is 11.3 Å². The fraction of sp³-hybridized carbons (Fsp3) is 0.500. The minimum Gasteiger partial charge on any atom is -0.481 e. The number of nitrogens with zero attached hydrogens (tertiary/aromatic N) is 1. The molecule has 1 saturated carbocycles. The maximum Gasteiger partial charge on any atom is 0.427 e. The Labute approximate surface area is 109 Å². The molecule has 0 unspecified atom stereocenters. The van der Waals surface area contributed by atoms with E-state index >= 15 is 0 Å². The van der Waals surface area contributed by atoms with Crippen LogP contribution in [0.2, 0.25) is 0 Å². The molecule has 5 nitrogen and oxygen atoms in total. The van der Waals surface area contributed by atoms with Gasteiger partial charge in [0.15, 0.2) is 5.69 Å². The zero-order valence-corrected chi connectivity index (χ0v) is 10.3. The molecule has 0 aromatic carbocycles. The highest BCUT2D eigenvalue weighted by molar-refractivity contribution is 7.10. The van der Waals surface area contributed by atoms with E-state index in [4.69, 9.17) is 5.11 Å². The molecule has 1 aromatic rings. The normalized spacial score (nSPS) is 17.0. The average Bonchev–Trinajstić information content (AvgIpc) is 2.92. The molecule has 0 atom stereocenters. The SMILES string of the molecule is O=C(NCC1(C(=O)O)CC1)c1ncsc1C(F)(F)F. The minimum absolute atomic E-state index is 0.185. The molecule has 9 heteroatoms. The molecule has 2 rings (SSSR count). The van der Waals surface area contributed by atoms with Crippen molar-refractivity contribution >= 4 is 23.2 Å². The molecule has 104 valence electrons. The third-order valence-corrected chi connectivity index (χ3v) is 3.81. The first-order valence-corrected chi connectivity index (χ1v) is 6.16. The van der Waals surface area contributed by atoms with Gasteiger partial charge in [-0.05, 0) is 12.8 Å². The molecule has 1 aliphatic carbocycles. The Kier molecular flexibility index (Phi) is 3.25. The highest BCUT2D eigenvalue weighted by Crippen LogP contribution is 2.45. The maximum absolute atomic E-state index is 12.6. The number of thiazole rings is 1. The number of halogens is 3. The van der Waals surface area contributed by atoms with Crippen LogP contribution in [0.25, 0.3) is 0 Å². The number of carbonyl (C=O) groups excluding carboxylic acids is 1. The van der Waals surface area contributed by atoms with Crippen LogP contribution in [-0.2, 0) is 11.0 Å². The van der Waals surface area contributed by atoms with Crippen molar-refractivity contribution in [2.75, 3.05) is 6.54 Å². The zero-order valence-electron chi connectivity index (χ0n) is 9.45. The van der Waals surface area contributed by atoms with Gasteiger partial charge in [0.25, 0.3) is 5.91 Å². The van der Waals surface area contributed by atoms with E-state index in [-0.39, 0.29) is 6.54 Å². The van der Waals surface area contributed by atoms with Crippen LogP contribution in [0.4, 0.5) is 13.2 Å². The number of hydrogen-bond acceptors (Lipinski definition) is 4. The van der Waals surface area contributed by atoms with Gasteiger partial charge < -0.3 is 10.4 Å². The quantitative estimate of drug-likeness (QED) is 0.886. The number of aromatic nitrogens is 1. The van der Waals surface area contributed by atoms with Crippen molar-refractivity contribution in [3.8, 4) is 0 Å². The third kappa shape index (κ3) is 2.70. The molecule has 0 radical (unpaired) electrons. The summed E-state index contributed by atoms with van der Waals surface area (Å²) in [6.45, 7) is -0.185. The van der Waals surface area contributed by atoms with Gasteiger partial charge in [0.05, 0.1) is 10.9 Å². The van der Waals surface area contributed by atoms with Gasteiger partial charge in [-0.2, -0.15) is 13.2 Å². The zero-order chi connectivity index (χ0) is 14.3. The van der Waals surface area contributed by atoms with Crippen molar-refractivity contribution in [2.24, 2.45) is 5.41 Å². The number of carboxylic acids is 1. The first-order valence-electron chi connectivity index (χ1n) is 5.28. The first-order chi connectivity index (χ1) is 8.76. The van der Waals surface area contributed by atoms with Gasteiger partial charge in [-0.25, -0.2) is 4.98 Å². The minimum atomic E-state index is -4.64. The number of amides is 1. The number of carboxylic acid groups (broad SMARTS) is 1. The first kappa shape index (κ1) is 13.8. The van der Waals surface area contributed by atoms with Crippen LogP contribution in [0.1, 0.15) is 28.2 Å². The molecule has 1 heterocycles. The van der Waals surface area contributed by atoms with E-state index in [1.165, 1.54) is 0 Å². The molecule has 19 heavy (non-hydrogen) atoms. The predicted octanol–water partition coefficient (Wildman–Crippen LogP) is 1.76. The summed E-state index contributed by atoms with van der Waals surface area (Å²) in [4.78, 5) is 24.8. The van der Waals surface area contributed by atoms with Gasteiger partial charge in [0.1, 0.15) is 4.88 Å². The molecular weight excluding hydrogens is 285 g/mol.